The predicted octanol–water partition coefficient (Wildman–Crippen LogP) is 2.41. The third-order valence-corrected chi connectivity index (χ3v) is 4.87. The Balaban J connectivity index is 1.51. The fraction of sp³-hybridized carbons (Fsp3) is 0.438. The number of likely N-dealkylation sites (tertiary alicyclic amines) is 1. The van der Waals surface area contributed by atoms with Crippen molar-refractivity contribution in [3.8, 4) is 0 Å². The number of hydrogen-bond donors (Lipinski definition) is 0. The zero-order valence-corrected chi connectivity index (χ0v) is 12.7. The van der Waals surface area contributed by atoms with Gasteiger partial charge in [-0.1, -0.05) is 23.4 Å². The van der Waals surface area contributed by atoms with Crippen molar-refractivity contribution >= 4 is 5.91 Å². The number of hydrogen-bond acceptors (Lipinski definition) is 3. The van der Waals surface area contributed by atoms with Gasteiger partial charge in [-0.05, 0) is 24.5 Å². The number of alkyl halides is 3. The molecule has 0 bridgehead atoms. The standard InChI is InChI=1S/C16H15F3N4O/c17-16(18,19)12-3-1-2-11(8-12)15(4-5-15)14(24)22-9-13(10-22)23-7-6-20-21-23/h1-3,6-8,13H,4-5,9-10H2. The molecule has 0 atom stereocenters. The quantitative estimate of drug-likeness (QED) is 0.865. The number of rotatable bonds is 3. The maximum Gasteiger partial charge on any atom is 0.416 e. The van der Waals surface area contributed by atoms with E-state index in [0.29, 0.717) is 31.5 Å². The van der Waals surface area contributed by atoms with Crippen LogP contribution in [-0.4, -0.2) is 38.9 Å². The first-order valence-corrected chi connectivity index (χ1v) is 7.73. The van der Waals surface area contributed by atoms with Crippen LogP contribution in [0.5, 0.6) is 0 Å². The van der Waals surface area contributed by atoms with Crippen molar-refractivity contribution in [2.24, 2.45) is 0 Å². The molecule has 8 heteroatoms. The summed E-state index contributed by atoms with van der Waals surface area (Å²) in [5, 5.41) is 7.65. The lowest BCUT2D eigenvalue weighted by Crippen LogP contribution is -2.54. The van der Waals surface area contributed by atoms with Gasteiger partial charge in [0.25, 0.3) is 0 Å². The molecule has 1 saturated heterocycles. The molecular formula is C16H15F3N4O. The van der Waals surface area contributed by atoms with Crippen LogP contribution in [-0.2, 0) is 16.4 Å². The first-order chi connectivity index (χ1) is 11.4. The molecule has 24 heavy (non-hydrogen) atoms. The summed E-state index contributed by atoms with van der Waals surface area (Å²) in [5.74, 6) is -0.0850. The molecule has 0 radical (unpaired) electrons. The van der Waals surface area contributed by atoms with Crippen molar-refractivity contribution in [1.29, 1.82) is 0 Å². The van der Waals surface area contributed by atoms with E-state index in [1.807, 2.05) is 0 Å². The van der Waals surface area contributed by atoms with Crippen molar-refractivity contribution in [1.82, 2.24) is 19.9 Å². The normalized spacial score (nSPS) is 19.9. The summed E-state index contributed by atoms with van der Waals surface area (Å²) >= 11 is 0. The average Bonchev–Trinajstić information content (AvgIpc) is 3.15. The summed E-state index contributed by atoms with van der Waals surface area (Å²) in [6, 6.07) is 5.23. The first kappa shape index (κ1) is 15.2. The maximum atomic E-state index is 12.9. The molecule has 5 nitrogen and oxygen atoms in total. The third-order valence-electron chi connectivity index (χ3n) is 4.87. The Kier molecular flexibility index (Phi) is 3.20. The van der Waals surface area contributed by atoms with E-state index in [9.17, 15) is 18.0 Å². The van der Waals surface area contributed by atoms with Gasteiger partial charge in [-0.15, -0.1) is 5.10 Å². The maximum absolute atomic E-state index is 12.9. The van der Waals surface area contributed by atoms with E-state index >= 15 is 0 Å². The largest absolute Gasteiger partial charge is 0.416 e. The number of carbonyl (C=O) groups excluding carboxylic acids is 1. The van der Waals surface area contributed by atoms with Gasteiger partial charge in [0.1, 0.15) is 0 Å². The highest BCUT2D eigenvalue weighted by Gasteiger charge is 2.55. The SMILES string of the molecule is O=C(N1CC(n2ccnn2)C1)C1(c2cccc(C(F)(F)F)c2)CC1. The van der Waals surface area contributed by atoms with Crippen LogP contribution < -0.4 is 0 Å². The van der Waals surface area contributed by atoms with Gasteiger partial charge in [0.2, 0.25) is 5.91 Å². The van der Waals surface area contributed by atoms with Gasteiger partial charge >= 0.3 is 6.18 Å². The van der Waals surface area contributed by atoms with Gasteiger partial charge in [0.05, 0.1) is 23.2 Å². The number of halogens is 3. The van der Waals surface area contributed by atoms with E-state index in [1.165, 1.54) is 6.07 Å². The topological polar surface area (TPSA) is 51.0 Å². The molecule has 4 rings (SSSR count). The highest BCUT2D eigenvalue weighted by Crippen LogP contribution is 2.51. The summed E-state index contributed by atoms with van der Waals surface area (Å²) in [6.45, 7) is 1.03. The van der Waals surface area contributed by atoms with Crippen LogP contribution in [0.4, 0.5) is 13.2 Å². The number of carbonyl (C=O) groups is 1. The highest BCUT2D eigenvalue weighted by molar-refractivity contribution is 5.92. The fourth-order valence-electron chi connectivity index (χ4n) is 3.25. The van der Waals surface area contributed by atoms with Crippen molar-refractivity contribution in [3.05, 3.63) is 47.8 Å². The molecule has 1 aromatic carbocycles. The Morgan fingerprint density at radius 1 is 1.25 bits per heavy atom. The number of amides is 1. The summed E-state index contributed by atoms with van der Waals surface area (Å²) in [6.07, 6.45) is 0.112. The van der Waals surface area contributed by atoms with Crippen LogP contribution >= 0.6 is 0 Å². The Morgan fingerprint density at radius 2 is 2.00 bits per heavy atom. The van der Waals surface area contributed by atoms with Gasteiger partial charge < -0.3 is 4.90 Å². The fourth-order valence-corrected chi connectivity index (χ4v) is 3.25. The zero-order chi connectivity index (χ0) is 16.9. The number of nitrogens with zero attached hydrogens (tertiary/aromatic N) is 4. The van der Waals surface area contributed by atoms with Crippen LogP contribution in [0.1, 0.15) is 30.0 Å². The van der Waals surface area contributed by atoms with Gasteiger partial charge in [0, 0.05) is 19.3 Å². The summed E-state index contributed by atoms with van der Waals surface area (Å²) in [4.78, 5) is 14.5. The molecule has 1 aliphatic carbocycles. The molecule has 1 aliphatic heterocycles. The van der Waals surface area contributed by atoms with Crippen molar-refractivity contribution in [2.45, 2.75) is 30.5 Å². The Hall–Kier alpha value is -2.38. The van der Waals surface area contributed by atoms with Crippen LogP contribution in [0.15, 0.2) is 36.7 Å². The molecule has 1 saturated carbocycles. The van der Waals surface area contributed by atoms with E-state index < -0.39 is 17.2 Å². The Morgan fingerprint density at radius 3 is 2.58 bits per heavy atom. The lowest BCUT2D eigenvalue weighted by Gasteiger charge is -2.41. The van der Waals surface area contributed by atoms with Crippen LogP contribution in [0.2, 0.25) is 0 Å². The van der Waals surface area contributed by atoms with E-state index in [1.54, 1.807) is 28.0 Å². The molecule has 1 aromatic heterocycles. The minimum absolute atomic E-state index is 0.0850. The molecule has 2 aliphatic rings. The van der Waals surface area contributed by atoms with Crippen molar-refractivity contribution < 1.29 is 18.0 Å². The molecule has 126 valence electrons. The third kappa shape index (κ3) is 2.37. The Bertz CT molecular complexity index is 762. The molecule has 2 heterocycles. The van der Waals surface area contributed by atoms with Crippen LogP contribution in [0, 0.1) is 0 Å². The molecule has 0 spiro atoms. The predicted molar refractivity (Wildman–Crippen MR) is 78.0 cm³/mol. The molecule has 2 aromatic rings. The number of benzene rings is 1. The second kappa shape index (κ2) is 5.06. The highest BCUT2D eigenvalue weighted by atomic mass is 19.4. The second-order valence-electron chi connectivity index (χ2n) is 6.41. The average molecular weight is 336 g/mol. The zero-order valence-electron chi connectivity index (χ0n) is 12.7. The van der Waals surface area contributed by atoms with Crippen LogP contribution in [0.3, 0.4) is 0 Å². The summed E-state index contributed by atoms with van der Waals surface area (Å²) in [7, 11) is 0. The number of aromatic nitrogens is 3. The molecule has 0 unspecified atom stereocenters. The lowest BCUT2D eigenvalue weighted by molar-refractivity contribution is -0.141. The molecule has 2 fully saturated rings. The van der Waals surface area contributed by atoms with Gasteiger partial charge in [-0.2, -0.15) is 13.2 Å². The monoisotopic (exact) mass is 336 g/mol. The van der Waals surface area contributed by atoms with Crippen molar-refractivity contribution in [3.63, 3.8) is 0 Å². The van der Waals surface area contributed by atoms with E-state index in [2.05, 4.69) is 10.3 Å². The van der Waals surface area contributed by atoms with Gasteiger partial charge in [0.15, 0.2) is 0 Å². The van der Waals surface area contributed by atoms with E-state index in [0.717, 1.165) is 12.1 Å². The van der Waals surface area contributed by atoms with E-state index in [4.69, 9.17) is 0 Å². The smallest absolute Gasteiger partial charge is 0.337 e. The second-order valence-corrected chi connectivity index (χ2v) is 6.41. The van der Waals surface area contributed by atoms with E-state index in [-0.39, 0.29) is 11.9 Å². The lowest BCUT2D eigenvalue weighted by atomic mass is 9.91. The van der Waals surface area contributed by atoms with Crippen LogP contribution in [0.25, 0.3) is 0 Å². The molecule has 0 N–H and O–H groups in total. The molecule has 1 amide bonds. The van der Waals surface area contributed by atoms with Crippen molar-refractivity contribution in [2.75, 3.05) is 13.1 Å². The minimum Gasteiger partial charge on any atom is -0.337 e. The summed E-state index contributed by atoms with van der Waals surface area (Å²) < 4.78 is 40.4. The first-order valence-electron chi connectivity index (χ1n) is 7.73. The van der Waals surface area contributed by atoms with Gasteiger partial charge in [-0.25, -0.2) is 4.68 Å². The Labute approximate surface area is 136 Å². The molecular weight excluding hydrogens is 321 g/mol. The minimum atomic E-state index is -4.40. The van der Waals surface area contributed by atoms with Gasteiger partial charge in [-0.3, -0.25) is 4.79 Å². The summed E-state index contributed by atoms with van der Waals surface area (Å²) in [5.41, 5.74) is -1.02.